The summed E-state index contributed by atoms with van der Waals surface area (Å²) in [5.74, 6) is -0.949. The van der Waals surface area contributed by atoms with Crippen LogP contribution in [0.5, 0.6) is 0 Å². The van der Waals surface area contributed by atoms with Gasteiger partial charge in [0.15, 0.2) is 0 Å². The van der Waals surface area contributed by atoms with Crippen LogP contribution in [0.3, 0.4) is 0 Å². The number of benzene rings is 2. The largest absolute Gasteiger partial charge is 0.274 e. The maximum atomic E-state index is 12.9. The standard InChI is InChI=1S/C24H32N2O6S2/c1-3-23(27)25(33(29,30)21-15-9-7-10-16-21)19-13-5-6-14-20-26(24(28)4-2)34(31,32)22-17-11-8-12-18-22/h7-12,15-18H,3-6,13-14,19-20H2,1-2H3. The molecule has 0 atom stereocenters. The molecule has 0 bridgehead atoms. The third kappa shape index (κ3) is 6.89. The average molecular weight is 509 g/mol. The van der Waals surface area contributed by atoms with Crippen LogP contribution in [-0.2, 0) is 29.6 Å². The van der Waals surface area contributed by atoms with Gasteiger partial charge < -0.3 is 0 Å². The molecule has 0 unspecified atom stereocenters. The lowest BCUT2D eigenvalue weighted by atomic mass is 10.2. The van der Waals surface area contributed by atoms with Crippen LogP contribution in [0.15, 0.2) is 70.5 Å². The fraction of sp³-hybridized carbons (Fsp3) is 0.417. The lowest BCUT2D eigenvalue weighted by Gasteiger charge is -2.23. The molecule has 0 aliphatic rings. The van der Waals surface area contributed by atoms with Crippen molar-refractivity contribution in [3.8, 4) is 0 Å². The molecule has 0 radical (unpaired) electrons. The van der Waals surface area contributed by atoms with E-state index in [2.05, 4.69) is 0 Å². The summed E-state index contributed by atoms with van der Waals surface area (Å²) in [5.41, 5.74) is 0. The minimum atomic E-state index is -3.93. The lowest BCUT2D eigenvalue weighted by molar-refractivity contribution is -0.127. The van der Waals surface area contributed by atoms with Gasteiger partial charge >= 0.3 is 0 Å². The van der Waals surface area contributed by atoms with E-state index < -0.39 is 31.9 Å². The Hall–Kier alpha value is -2.72. The van der Waals surface area contributed by atoms with E-state index >= 15 is 0 Å². The molecule has 2 amide bonds. The second-order valence-electron chi connectivity index (χ2n) is 7.69. The highest BCUT2D eigenvalue weighted by atomic mass is 32.2. The molecule has 186 valence electrons. The van der Waals surface area contributed by atoms with Gasteiger partial charge in [0.25, 0.3) is 20.0 Å². The number of nitrogens with zero attached hydrogens (tertiary/aromatic N) is 2. The zero-order valence-corrected chi connectivity index (χ0v) is 21.2. The molecule has 10 heteroatoms. The highest BCUT2D eigenvalue weighted by Gasteiger charge is 2.29. The van der Waals surface area contributed by atoms with Gasteiger partial charge in [-0.05, 0) is 37.1 Å². The molecule has 2 rings (SSSR count). The smallest absolute Gasteiger partial charge is 0.266 e. The van der Waals surface area contributed by atoms with Crippen molar-refractivity contribution in [3.63, 3.8) is 0 Å². The molecule has 8 nitrogen and oxygen atoms in total. The van der Waals surface area contributed by atoms with Crippen molar-refractivity contribution in [2.24, 2.45) is 0 Å². The number of hydrogen-bond acceptors (Lipinski definition) is 6. The van der Waals surface area contributed by atoms with Gasteiger partial charge in [0, 0.05) is 25.9 Å². The summed E-state index contributed by atoms with van der Waals surface area (Å²) in [6, 6.07) is 15.7. The third-order valence-electron chi connectivity index (χ3n) is 5.30. The van der Waals surface area contributed by atoms with E-state index in [-0.39, 0.29) is 35.7 Å². The van der Waals surface area contributed by atoms with Crippen LogP contribution in [0, 0.1) is 0 Å². The summed E-state index contributed by atoms with van der Waals surface area (Å²) < 4.78 is 53.4. The first-order chi connectivity index (χ1) is 16.2. The quantitative estimate of drug-likeness (QED) is 0.381. The second-order valence-corrected chi connectivity index (χ2v) is 11.4. The first kappa shape index (κ1) is 27.5. The van der Waals surface area contributed by atoms with Gasteiger partial charge in [-0.1, -0.05) is 63.1 Å². The second kappa shape index (κ2) is 12.7. The summed E-state index contributed by atoms with van der Waals surface area (Å²) in [7, 11) is -7.86. The highest BCUT2D eigenvalue weighted by Crippen LogP contribution is 2.19. The van der Waals surface area contributed by atoms with Gasteiger partial charge in [-0.3, -0.25) is 9.59 Å². The first-order valence-corrected chi connectivity index (χ1v) is 14.3. The third-order valence-corrected chi connectivity index (χ3v) is 8.96. The van der Waals surface area contributed by atoms with Crippen molar-refractivity contribution >= 4 is 31.9 Å². The maximum absolute atomic E-state index is 12.9. The fourth-order valence-corrected chi connectivity index (χ4v) is 6.46. The van der Waals surface area contributed by atoms with Crippen LogP contribution in [-0.4, -0.2) is 50.3 Å². The van der Waals surface area contributed by atoms with Gasteiger partial charge in [-0.15, -0.1) is 0 Å². The average Bonchev–Trinajstić information content (AvgIpc) is 2.85. The number of carbonyl (C=O) groups is 2. The number of carbonyl (C=O) groups excluding carboxylic acids is 2. The lowest BCUT2D eigenvalue weighted by Crippen LogP contribution is -2.37. The Morgan fingerprint density at radius 3 is 1.21 bits per heavy atom. The van der Waals surface area contributed by atoms with Gasteiger partial charge in [0.2, 0.25) is 11.8 Å². The van der Waals surface area contributed by atoms with Crippen molar-refractivity contribution in [3.05, 3.63) is 60.7 Å². The van der Waals surface area contributed by atoms with Crippen molar-refractivity contribution in [1.29, 1.82) is 0 Å². The van der Waals surface area contributed by atoms with E-state index in [9.17, 15) is 26.4 Å². The molecule has 0 heterocycles. The fourth-order valence-electron chi connectivity index (χ4n) is 3.41. The minimum Gasteiger partial charge on any atom is -0.274 e. The van der Waals surface area contributed by atoms with Crippen molar-refractivity contribution < 1.29 is 26.4 Å². The van der Waals surface area contributed by atoms with E-state index in [1.165, 1.54) is 24.3 Å². The molecule has 0 spiro atoms. The summed E-state index contributed by atoms with van der Waals surface area (Å²) in [6.45, 7) is 3.32. The molecule has 0 aliphatic carbocycles. The highest BCUT2D eigenvalue weighted by molar-refractivity contribution is 7.90. The number of amides is 2. The number of sulfonamides is 2. The Morgan fingerprint density at radius 1 is 0.588 bits per heavy atom. The molecule has 0 aromatic heterocycles. The molecule has 2 aromatic rings. The topological polar surface area (TPSA) is 109 Å². The molecule has 34 heavy (non-hydrogen) atoms. The van der Waals surface area contributed by atoms with Gasteiger partial charge in [0.1, 0.15) is 0 Å². The van der Waals surface area contributed by atoms with Crippen LogP contribution in [0.25, 0.3) is 0 Å². The minimum absolute atomic E-state index is 0.0455. The molecule has 0 saturated carbocycles. The first-order valence-electron chi connectivity index (χ1n) is 11.4. The van der Waals surface area contributed by atoms with Gasteiger partial charge in [-0.25, -0.2) is 25.4 Å². The predicted molar refractivity (Wildman–Crippen MR) is 130 cm³/mol. The van der Waals surface area contributed by atoms with E-state index in [0.717, 1.165) is 8.61 Å². The van der Waals surface area contributed by atoms with E-state index in [4.69, 9.17) is 0 Å². The number of hydrogen-bond donors (Lipinski definition) is 0. The van der Waals surface area contributed by atoms with Crippen LogP contribution < -0.4 is 0 Å². The van der Waals surface area contributed by atoms with E-state index in [0.29, 0.717) is 25.7 Å². The van der Waals surface area contributed by atoms with Crippen LogP contribution in [0.4, 0.5) is 0 Å². The van der Waals surface area contributed by atoms with Gasteiger partial charge in [-0.2, -0.15) is 0 Å². The molecular weight excluding hydrogens is 476 g/mol. The Balaban J connectivity index is 1.96. The SMILES string of the molecule is CCC(=O)N(CCCCCCN(C(=O)CC)S(=O)(=O)c1ccccc1)S(=O)(=O)c1ccccc1. The van der Waals surface area contributed by atoms with Crippen molar-refractivity contribution in [1.82, 2.24) is 8.61 Å². The maximum Gasteiger partial charge on any atom is 0.266 e. The van der Waals surface area contributed by atoms with Crippen LogP contribution >= 0.6 is 0 Å². The van der Waals surface area contributed by atoms with Crippen LogP contribution in [0.2, 0.25) is 0 Å². The Labute approximate surface area is 202 Å². The molecule has 0 N–H and O–H groups in total. The summed E-state index contributed by atoms with van der Waals surface area (Å²) >= 11 is 0. The van der Waals surface area contributed by atoms with Gasteiger partial charge in [0.05, 0.1) is 9.79 Å². The zero-order valence-electron chi connectivity index (χ0n) is 19.6. The van der Waals surface area contributed by atoms with E-state index in [1.807, 2.05) is 0 Å². The summed E-state index contributed by atoms with van der Waals surface area (Å²) in [5, 5.41) is 0. The number of rotatable bonds is 13. The predicted octanol–water partition coefficient (Wildman–Crippen LogP) is 3.80. The Kier molecular flexibility index (Phi) is 10.2. The molecule has 0 aliphatic heterocycles. The molecular formula is C24H32N2O6S2. The normalized spacial score (nSPS) is 11.7. The van der Waals surface area contributed by atoms with Crippen molar-refractivity contribution in [2.45, 2.75) is 62.2 Å². The van der Waals surface area contributed by atoms with Crippen molar-refractivity contribution in [2.75, 3.05) is 13.1 Å². The van der Waals surface area contributed by atoms with E-state index in [1.54, 1.807) is 50.2 Å². The summed E-state index contributed by atoms with van der Waals surface area (Å²) in [4.78, 5) is 24.8. The zero-order chi connectivity index (χ0) is 25.2. The molecule has 0 fully saturated rings. The molecule has 2 aromatic carbocycles. The Bertz CT molecular complexity index is 1060. The Morgan fingerprint density at radius 2 is 0.912 bits per heavy atom. The monoisotopic (exact) mass is 508 g/mol. The number of unbranched alkanes of at least 4 members (excludes halogenated alkanes) is 3. The molecule has 0 saturated heterocycles. The van der Waals surface area contributed by atoms with Crippen LogP contribution in [0.1, 0.15) is 52.4 Å². The summed E-state index contributed by atoms with van der Waals surface area (Å²) in [6.07, 6.45) is 2.17.